The molecule has 1 amide bonds. The number of benzene rings is 2. The number of likely N-dealkylation sites (N-methyl/N-ethyl adjacent to an activating group) is 1. The van der Waals surface area contributed by atoms with E-state index in [9.17, 15) is 9.18 Å². The van der Waals surface area contributed by atoms with Gasteiger partial charge in [-0.15, -0.1) is 0 Å². The molecule has 0 radical (unpaired) electrons. The van der Waals surface area contributed by atoms with Crippen molar-refractivity contribution in [1.29, 1.82) is 0 Å². The van der Waals surface area contributed by atoms with Crippen LogP contribution in [-0.4, -0.2) is 62.0 Å². The predicted molar refractivity (Wildman–Crippen MR) is 106 cm³/mol. The second-order valence-corrected chi connectivity index (χ2v) is 7.63. The zero-order valence-electron chi connectivity index (χ0n) is 15.8. The van der Waals surface area contributed by atoms with E-state index in [0.717, 1.165) is 50.3 Å². The fourth-order valence-corrected chi connectivity index (χ4v) is 4.01. The first-order chi connectivity index (χ1) is 13.1. The van der Waals surface area contributed by atoms with Crippen molar-refractivity contribution in [1.82, 2.24) is 9.80 Å². The van der Waals surface area contributed by atoms with Crippen molar-refractivity contribution < 1.29 is 9.18 Å². The molecule has 4 nitrogen and oxygen atoms in total. The number of nitrogens with zero attached hydrogens (tertiary/aromatic N) is 3. The number of hydrogen-bond donors (Lipinski definition) is 0. The van der Waals surface area contributed by atoms with Gasteiger partial charge in [-0.2, -0.15) is 0 Å². The summed E-state index contributed by atoms with van der Waals surface area (Å²) in [5, 5.41) is 0. The minimum absolute atomic E-state index is 0.0875. The van der Waals surface area contributed by atoms with Gasteiger partial charge in [0.1, 0.15) is 5.82 Å². The first-order valence-corrected chi connectivity index (χ1v) is 9.68. The third-order valence-electron chi connectivity index (χ3n) is 5.80. The zero-order chi connectivity index (χ0) is 18.8. The second-order valence-electron chi connectivity index (χ2n) is 7.63. The number of hydrogen-bond acceptors (Lipinski definition) is 3. The van der Waals surface area contributed by atoms with Gasteiger partial charge in [0.2, 0.25) is 0 Å². The van der Waals surface area contributed by atoms with E-state index in [4.69, 9.17) is 0 Å². The standard InChI is InChI=1S/C22H26FN3O/c1-24-12-14-25(15-13-24)21-8-4-18(5-9-21)22(27)26-11-10-19(16-26)17-2-6-20(23)7-3-17/h2-9,19H,10-16H2,1H3/t19-/m0/s1. The van der Waals surface area contributed by atoms with Gasteiger partial charge in [-0.05, 0) is 55.4 Å². The molecule has 0 saturated carbocycles. The van der Waals surface area contributed by atoms with E-state index < -0.39 is 0 Å². The summed E-state index contributed by atoms with van der Waals surface area (Å²) >= 11 is 0. The van der Waals surface area contributed by atoms with Gasteiger partial charge in [0.05, 0.1) is 0 Å². The molecule has 2 saturated heterocycles. The van der Waals surface area contributed by atoms with Gasteiger partial charge in [0.15, 0.2) is 0 Å². The highest BCUT2D eigenvalue weighted by Crippen LogP contribution is 2.28. The largest absolute Gasteiger partial charge is 0.369 e. The Morgan fingerprint density at radius 1 is 0.926 bits per heavy atom. The molecular formula is C22H26FN3O. The summed E-state index contributed by atoms with van der Waals surface area (Å²) in [5.74, 6) is 0.161. The van der Waals surface area contributed by atoms with Crippen LogP contribution < -0.4 is 4.90 Å². The van der Waals surface area contributed by atoms with Crippen LogP contribution in [0.1, 0.15) is 28.3 Å². The molecule has 27 heavy (non-hydrogen) atoms. The summed E-state index contributed by atoms with van der Waals surface area (Å²) in [6.07, 6.45) is 0.927. The normalized spacial score (nSPS) is 20.9. The number of halogens is 1. The van der Waals surface area contributed by atoms with Gasteiger partial charge in [0.25, 0.3) is 5.91 Å². The number of carbonyl (C=O) groups is 1. The predicted octanol–water partition coefficient (Wildman–Crippen LogP) is 3.21. The van der Waals surface area contributed by atoms with Gasteiger partial charge in [-0.3, -0.25) is 4.79 Å². The minimum Gasteiger partial charge on any atom is -0.369 e. The summed E-state index contributed by atoms with van der Waals surface area (Å²) < 4.78 is 13.1. The molecule has 2 aliphatic heterocycles. The Bertz CT molecular complexity index is 782. The molecule has 2 heterocycles. The fourth-order valence-electron chi connectivity index (χ4n) is 4.01. The van der Waals surface area contributed by atoms with E-state index in [0.29, 0.717) is 12.5 Å². The number of carbonyl (C=O) groups excluding carboxylic acids is 1. The smallest absolute Gasteiger partial charge is 0.253 e. The maximum atomic E-state index is 13.1. The highest BCUT2D eigenvalue weighted by molar-refractivity contribution is 5.94. The number of anilines is 1. The summed E-state index contributed by atoms with van der Waals surface area (Å²) in [4.78, 5) is 19.5. The summed E-state index contributed by atoms with van der Waals surface area (Å²) in [6, 6.07) is 14.7. The topological polar surface area (TPSA) is 26.8 Å². The van der Waals surface area contributed by atoms with Crippen LogP contribution in [0.3, 0.4) is 0 Å². The monoisotopic (exact) mass is 367 g/mol. The second kappa shape index (κ2) is 7.69. The molecular weight excluding hydrogens is 341 g/mol. The van der Waals surface area contributed by atoms with Crippen LogP contribution in [0.2, 0.25) is 0 Å². The van der Waals surface area contributed by atoms with E-state index >= 15 is 0 Å². The first kappa shape index (κ1) is 18.0. The van der Waals surface area contributed by atoms with Crippen LogP contribution in [0, 0.1) is 5.82 Å². The number of piperazine rings is 1. The molecule has 1 atom stereocenters. The molecule has 0 unspecified atom stereocenters. The lowest BCUT2D eigenvalue weighted by molar-refractivity contribution is 0.0791. The summed E-state index contributed by atoms with van der Waals surface area (Å²) in [5.41, 5.74) is 3.04. The highest BCUT2D eigenvalue weighted by atomic mass is 19.1. The molecule has 142 valence electrons. The van der Waals surface area contributed by atoms with Crippen molar-refractivity contribution >= 4 is 11.6 Å². The maximum Gasteiger partial charge on any atom is 0.253 e. The lowest BCUT2D eigenvalue weighted by Crippen LogP contribution is -2.44. The molecule has 2 aliphatic rings. The van der Waals surface area contributed by atoms with Crippen molar-refractivity contribution in [3.63, 3.8) is 0 Å². The van der Waals surface area contributed by atoms with Gasteiger partial charge in [-0.25, -0.2) is 4.39 Å². The molecule has 0 spiro atoms. The van der Waals surface area contributed by atoms with Crippen molar-refractivity contribution in [2.45, 2.75) is 12.3 Å². The van der Waals surface area contributed by atoms with E-state index in [-0.39, 0.29) is 11.7 Å². The van der Waals surface area contributed by atoms with Crippen LogP contribution in [0.25, 0.3) is 0 Å². The number of rotatable bonds is 3. The minimum atomic E-state index is -0.217. The molecule has 0 aromatic heterocycles. The molecule has 2 aromatic carbocycles. The Hall–Kier alpha value is -2.40. The Kier molecular flexibility index (Phi) is 5.12. The van der Waals surface area contributed by atoms with Crippen LogP contribution >= 0.6 is 0 Å². The van der Waals surface area contributed by atoms with Gasteiger partial charge < -0.3 is 14.7 Å². The Labute approximate surface area is 160 Å². The van der Waals surface area contributed by atoms with Crippen molar-refractivity contribution in [3.05, 3.63) is 65.5 Å². The van der Waals surface area contributed by atoms with E-state index in [1.165, 1.54) is 17.8 Å². The average Bonchev–Trinajstić information content (AvgIpc) is 3.19. The molecule has 2 fully saturated rings. The van der Waals surface area contributed by atoms with Crippen LogP contribution in [0.5, 0.6) is 0 Å². The third-order valence-corrected chi connectivity index (χ3v) is 5.80. The van der Waals surface area contributed by atoms with Crippen LogP contribution in [-0.2, 0) is 0 Å². The summed E-state index contributed by atoms with van der Waals surface area (Å²) in [7, 11) is 2.15. The SMILES string of the molecule is CN1CCN(c2ccc(C(=O)N3CC[C@H](c4ccc(F)cc4)C3)cc2)CC1. The van der Waals surface area contributed by atoms with Crippen LogP contribution in [0.15, 0.2) is 48.5 Å². The van der Waals surface area contributed by atoms with Gasteiger partial charge in [-0.1, -0.05) is 12.1 Å². The first-order valence-electron chi connectivity index (χ1n) is 9.68. The molecule has 0 aliphatic carbocycles. The lowest BCUT2D eigenvalue weighted by Gasteiger charge is -2.34. The fraction of sp³-hybridized carbons (Fsp3) is 0.409. The molecule has 5 heteroatoms. The van der Waals surface area contributed by atoms with E-state index in [1.807, 2.05) is 29.2 Å². The molecule has 2 aromatic rings. The molecule has 0 bridgehead atoms. The van der Waals surface area contributed by atoms with E-state index in [2.05, 4.69) is 29.0 Å². The van der Waals surface area contributed by atoms with Crippen molar-refractivity contribution in [3.8, 4) is 0 Å². The average molecular weight is 367 g/mol. The lowest BCUT2D eigenvalue weighted by atomic mass is 9.98. The Balaban J connectivity index is 1.39. The molecule has 0 N–H and O–H groups in total. The van der Waals surface area contributed by atoms with Gasteiger partial charge >= 0.3 is 0 Å². The maximum absolute atomic E-state index is 13.1. The summed E-state index contributed by atoms with van der Waals surface area (Å²) in [6.45, 7) is 5.63. The van der Waals surface area contributed by atoms with Crippen molar-refractivity contribution in [2.24, 2.45) is 0 Å². The quantitative estimate of drug-likeness (QED) is 0.834. The number of amides is 1. The van der Waals surface area contributed by atoms with Crippen molar-refractivity contribution in [2.75, 3.05) is 51.2 Å². The Morgan fingerprint density at radius 2 is 1.59 bits per heavy atom. The third kappa shape index (κ3) is 3.98. The zero-order valence-corrected chi connectivity index (χ0v) is 15.8. The molecule has 4 rings (SSSR count). The number of likely N-dealkylation sites (tertiary alicyclic amines) is 1. The Morgan fingerprint density at radius 3 is 2.26 bits per heavy atom. The van der Waals surface area contributed by atoms with E-state index in [1.54, 1.807) is 0 Å². The van der Waals surface area contributed by atoms with Gasteiger partial charge in [0, 0.05) is 56.4 Å². The van der Waals surface area contributed by atoms with Crippen LogP contribution in [0.4, 0.5) is 10.1 Å². The highest BCUT2D eigenvalue weighted by Gasteiger charge is 2.28.